The quantitative estimate of drug-likeness (QED) is 0.619. The molecule has 1 aliphatic heterocycles. The van der Waals surface area contributed by atoms with Gasteiger partial charge in [-0.3, -0.25) is 0 Å². The Morgan fingerprint density at radius 2 is 1.96 bits per heavy atom. The SMILES string of the molecule is CC1(C)C=C(c2cccc[n+]2[O-])c2cc(S(C)(=O)=O)ccc2OC1. The highest BCUT2D eigenvalue weighted by atomic mass is 32.2. The molecular weight excluding hydrogens is 326 g/mol. The second-order valence-corrected chi connectivity index (χ2v) is 8.69. The molecule has 0 bridgehead atoms. The van der Waals surface area contributed by atoms with Gasteiger partial charge in [0, 0.05) is 29.4 Å². The van der Waals surface area contributed by atoms with E-state index >= 15 is 0 Å². The number of benzene rings is 1. The summed E-state index contributed by atoms with van der Waals surface area (Å²) < 4.78 is 30.5. The Hall–Kier alpha value is -2.34. The number of nitrogens with zero attached hydrogens (tertiary/aromatic N) is 1. The Morgan fingerprint density at radius 3 is 2.62 bits per heavy atom. The number of hydrogen-bond donors (Lipinski definition) is 0. The van der Waals surface area contributed by atoms with Crippen LogP contribution in [0.3, 0.4) is 0 Å². The summed E-state index contributed by atoms with van der Waals surface area (Å²) >= 11 is 0. The van der Waals surface area contributed by atoms with Crippen LogP contribution in [0.15, 0.2) is 53.6 Å². The maximum Gasteiger partial charge on any atom is 0.224 e. The van der Waals surface area contributed by atoms with Gasteiger partial charge in [0.15, 0.2) is 16.0 Å². The molecule has 1 aromatic carbocycles. The average molecular weight is 345 g/mol. The Labute approximate surface area is 141 Å². The fraction of sp³-hybridized carbons (Fsp3) is 0.278. The number of hydrogen-bond acceptors (Lipinski definition) is 4. The summed E-state index contributed by atoms with van der Waals surface area (Å²) in [6, 6.07) is 9.91. The molecule has 2 aromatic rings. The van der Waals surface area contributed by atoms with Crippen molar-refractivity contribution < 1.29 is 17.9 Å². The Kier molecular flexibility index (Phi) is 3.87. The predicted octanol–water partition coefficient (Wildman–Crippen LogP) is 2.57. The van der Waals surface area contributed by atoms with Crippen LogP contribution in [0.1, 0.15) is 25.1 Å². The minimum absolute atomic E-state index is 0.198. The first-order valence-corrected chi connectivity index (χ1v) is 9.45. The Morgan fingerprint density at radius 1 is 1.21 bits per heavy atom. The van der Waals surface area contributed by atoms with Crippen LogP contribution in [0.5, 0.6) is 5.75 Å². The molecule has 0 radical (unpaired) electrons. The molecule has 1 aromatic heterocycles. The van der Waals surface area contributed by atoms with Crippen molar-refractivity contribution in [3.63, 3.8) is 0 Å². The van der Waals surface area contributed by atoms with Crippen molar-refractivity contribution in [1.82, 2.24) is 0 Å². The first kappa shape index (κ1) is 16.5. The average Bonchev–Trinajstić information content (AvgIpc) is 2.63. The summed E-state index contributed by atoms with van der Waals surface area (Å²) in [6.07, 6.45) is 4.56. The van der Waals surface area contributed by atoms with Crippen LogP contribution in [0.25, 0.3) is 5.57 Å². The second kappa shape index (κ2) is 5.63. The van der Waals surface area contributed by atoms with Crippen LogP contribution in [-0.2, 0) is 9.84 Å². The van der Waals surface area contributed by atoms with Crippen molar-refractivity contribution in [2.75, 3.05) is 12.9 Å². The lowest BCUT2D eigenvalue weighted by Crippen LogP contribution is -2.30. The van der Waals surface area contributed by atoms with Gasteiger partial charge in [-0.1, -0.05) is 19.9 Å². The minimum atomic E-state index is -3.36. The van der Waals surface area contributed by atoms with Crippen LogP contribution < -0.4 is 9.47 Å². The molecule has 0 spiro atoms. The molecule has 0 fully saturated rings. The van der Waals surface area contributed by atoms with E-state index in [2.05, 4.69) is 0 Å². The number of ether oxygens (including phenoxy) is 1. The first-order chi connectivity index (χ1) is 11.2. The summed E-state index contributed by atoms with van der Waals surface area (Å²) in [5, 5.41) is 12.3. The summed E-state index contributed by atoms with van der Waals surface area (Å²) in [4.78, 5) is 0.198. The maximum absolute atomic E-state index is 12.3. The number of pyridine rings is 1. The smallest absolute Gasteiger partial charge is 0.224 e. The third-order valence-corrected chi connectivity index (χ3v) is 5.01. The second-order valence-electron chi connectivity index (χ2n) is 6.68. The van der Waals surface area contributed by atoms with Crippen LogP contribution in [0.2, 0.25) is 0 Å². The molecule has 6 heteroatoms. The van der Waals surface area contributed by atoms with Crippen molar-refractivity contribution in [3.8, 4) is 5.75 Å². The highest BCUT2D eigenvalue weighted by Gasteiger charge is 2.28. The number of sulfone groups is 1. The Balaban J connectivity index is 2.30. The fourth-order valence-corrected chi connectivity index (χ4v) is 3.35. The van der Waals surface area contributed by atoms with Gasteiger partial charge in [0.2, 0.25) is 5.69 Å². The van der Waals surface area contributed by atoms with Gasteiger partial charge in [-0.25, -0.2) is 8.42 Å². The molecule has 0 atom stereocenters. The lowest BCUT2D eigenvalue weighted by Gasteiger charge is -2.18. The summed E-state index contributed by atoms with van der Waals surface area (Å²) in [5.74, 6) is 0.572. The highest BCUT2D eigenvalue weighted by molar-refractivity contribution is 7.90. The van der Waals surface area contributed by atoms with Gasteiger partial charge < -0.3 is 9.94 Å². The molecule has 5 nitrogen and oxygen atoms in total. The topological polar surface area (TPSA) is 70.3 Å². The zero-order valence-electron chi connectivity index (χ0n) is 13.8. The number of aromatic nitrogens is 1. The van der Waals surface area contributed by atoms with E-state index < -0.39 is 9.84 Å². The van der Waals surface area contributed by atoms with Gasteiger partial charge >= 0.3 is 0 Å². The van der Waals surface area contributed by atoms with E-state index in [1.54, 1.807) is 30.3 Å². The third kappa shape index (κ3) is 3.14. The van der Waals surface area contributed by atoms with E-state index in [0.29, 0.717) is 29.2 Å². The maximum atomic E-state index is 12.3. The summed E-state index contributed by atoms with van der Waals surface area (Å²) in [5.41, 5.74) is 1.44. The first-order valence-electron chi connectivity index (χ1n) is 7.56. The van der Waals surface area contributed by atoms with E-state index in [9.17, 15) is 13.6 Å². The zero-order chi connectivity index (χ0) is 17.5. The van der Waals surface area contributed by atoms with Crippen molar-refractivity contribution in [1.29, 1.82) is 0 Å². The molecule has 3 rings (SSSR count). The number of rotatable bonds is 2. The van der Waals surface area contributed by atoms with Crippen LogP contribution in [0, 0.1) is 10.6 Å². The van der Waals surface area contributed by atoms with E-state index in [-0.39, 0.29) is 10.3 Å². The molecule has 2 heterocycles. The monoisotopic (exact) mass is 345 g/mol. The zero-order valence-corrected chi connectivity index (χ0v) is 14.6. The van der Waals surface area contributed by atoms with Gasteiger partial charge in [0.25, 0.3) is 0 Å². The van der Waals surface area contributed by atoms with Crippen molar-refractivity contribution in [2.45, 2.75) is 18.7 Å². The summed E-state index contributed by atoms with van der Waals surface area (Å²) in [7, 11) is -3.36. The molecule has 0 amide bonds. The van der Waals surface area contributed by atoms with Crippen molar-refractivity contribution >= 4 is 15.4 Å². The predicted molar refractivity (Wildman–Crippen MR) is 91.3 cm³/mol. The van der Waals surface area contributed by atoms with E-state index in [0.717, 1.165) is 11.0 Å². The molecular formula is C18H19NO4S. The lowest BCUT2D eigenvalue weighted by molar-refractivity contribution is -0.607. The van der Waals surface area contributed by atoms with Crippen LogP contribution >= 0.6 is 0 Å². The molecule has 1 aliphatic rings. The van der Waals surface area contributed by atoms with Crippen molar-refractivity contribution in [2.24, 2.45) is 5.41 Å². The number of fused-ring (bicyclic) bond motifs is 1. The standard InChI is InChI=1S/C18H19NO4S/c1-18(2)11-15(16-6-4-5-9-19(16)20)14-10-13(24(3,21)22)7-8-17(14)23-12-18/h4-11H,12H2,1-3H3. The van der Waals surface area contributed by atoms with Gasteiger partial charge in [-0.2, -0.15) is 4.73 Å². The van der Waals surface area contributed by atoms with Gasteiger partial charge in [0.05, 0.1) is 17.1 Å². The van der Waals surface area contributed by atoms with E-state index in [1.165, 1.54) is 12.3 Å². The molecule has 0 saturated heterocycles. The third-order valence-electron chi connectivity index (χ3n) is 3.90. The van der Waals surface area contributed by atoms with Gasteiger partial charge in [-0.15, -0.1) is 0 Å². The molecule has 0 N–H and O–H groups in total. The highest BCUT2D eigenvalue weighted by Crippen LogP contribution is 2.38. The molecule has 0 aliphatic carbocycles. The van der Waals surface area contributed by atoms with Crippen molar-refractivity contribution in [3.05, 3.63) is 65.1 Å². The van der Waals surface area contributed by atoms with E-state index in [1.807, 2.05) is 19.9 Å². The van der Waals surface area contributed by atoms with Gasteiger partial charge in [0.1, 0.15) is 5.75 Å². The molecule has 126 valence electrons. The molecule has 24 heavy (non-hydrogen) atoms. The minimum Gasteiger partial charge on any atom is -0.618 e. The van der Waals surface area contributed by atoms with E-state index in [4.69, 9.17) is 4.74 Å². The van der Waals surface area contributed by atoms with Crippen LogP contribution in [0.4, 0.5) is 0 Å². The normalized spacial score (nSPS) is 16.5. The molecule has 0 unspecified atom stereocenters. The largest absolute Gasteiger partial charge is 0.618 e. The van der Waals surface area contributed by atoms with Gasteiger partial charge in [-0.05, 0) is 24.3 Å². The fourth-order valence-electron chi connectivity index (χ4n) is 2.70. The Bertz CT molecular complexity index is 930. The van der Waals surface area contributed by atoms with Crippen LogP contribution in [-0.4, -0.2) is 21.3 Å². The lowest BCUT2D eigenvalue weighted by atomic mass is 9.89. The molecule has 0 saturated carbocycles. The summed E-state index contributed by atoms with van der Waals surface area (Å²) in [6.45, 7) is 4.45.